The van der Waals surface area contributed by atoms with Gasteiger partial charge in [-0.2, -0.15) is 0 Å². The number of fused-ring (bicyclic) bond motifs is 7. The molecular formula is C47H31N2O-. The quantitative estimate of drug-likeness (QED) is 0.175. The topological polar surface area (TPSA) is 26.6 Å². The second-order valence-corrected chi connectivity index (χ2v) is 13.0. The van der Waals surface area contributed by atoms with E-state index in [2.05, 4.69) is 169 Å². The Kier molecular flexibility index (Phi) is 6.56. The maximum Gasteiger partial charge on any atom is 0.103 e. The Morgan fingerprint density at radius 3 is 1.66 bits per heavy atom. The molecule has 0 N–H and O–H groups in total. The van der Waals surface area contributed by atoms with Crippen LogP contribution in [0.4, 0.5) is 22.7 Å². The minimum Gasteiger partial charge on any atom is -0.642 e. The van der Waals surface area contributed by atoms with Gasteiger partial charge in [0.2, 0.25) is 0 Å². The van der Waals surface area contributed by atoms with E-state index < -0.39 is 0 Å². The molecule has 1 heterocycles. The zero-order valence-corrected chi connectivity index (χ0v) is 27.2. The number of nitrogens with zero attached hydrogens (tertiary/aromatic N) is 2. The Hall–Kier alpha value is -6.58. The molecule has 0 fully saturated rings. The van der Waals surface area contributed by atoms with E-state index in [1.165, 1.54) is 32.3 Å². The van der Waals surface area contributed by atoms with Gasteiger partial charge in [0.1, 0.15) is 5.75 Å². The largest absolute Gasteiger partial charge is 0.642 e. The van der Waals surface area contributed by atoms with Crippen molar-refractivity contribution in [2.75, 3.05) is 4.90 Å². The second-order valence-electron chi connectivity index (χ2n) is 13.0. The van der Waals surface area contributed by atoms with Gasteiger partial charge in [-0.1, -0.05) is 139 Å². The van der Waals surface area contributed by atoms with Crippen LogP contribution in [-0.2, 0) is 0 Å². The molecular weight excluding hydrogens is 609 g/mol. The molecule has 9 aromatic rings. The van der Waals surface area contributed by atoms with Gasteiger partial charge in [0.05, 0.1) is 6.23 Å². The summed E-state index contributed by atoms with van der Waals surface area (Å²) in [5.74, 6) is 0.830. The van der Waals surface area contributed by atoms with E-state index in [1.54, 1.807) is 0 Å². The summed E-state index contributed by atoms with van der Waals surface area (Å²) in [7, 11) is 0. The van der Waals surface area contributed by atoms with Crippen LogP contribution in [0.15, 0.2) is 182 Å². The first-order valence-electron chi connectivity index (χ1n) is 17.1. The molecule has 0 aliphatic carbocycles. The van der Waals surface area contributed by atoms with Gasteiger partial charge in [-0.3, -0.25) is 0 Å². The molecule has 1 atom stereocenters. The minimum atomic E-state index is -0.337. The normalized spacial score (nSPS) is 13.7. The van der Waals surface area contributed by atoms with E-state index in [4.69, 9.17) is 10.1 Å². The smallest absolute Gasteiger partial charge is 0.103 e. The zero-order chi connectivity index (χ0) is 33.0. The number of hydrogen-bond acceptors (Lipinski definition) is 2. The highest BCUT2D eigenvalue weighted by atomic mass is 16.5. The van der Waals surface area contributed by atoms with Crippen molar-refractivity contribution in [3.63, 3.8) is 0 Å². The SMILES string of the molecule is c1ccc(C2[N-]c3c(ccc4ccc5ccc(-c6ccc(N(c7ccc8ccccc8c7)c7ccc8ccccc8c7)cc6)cc5c34)O2)cc1. The van der Waals surface area contributed by atoms with Crippen LogP contribution >= 0.6 is 0 Å². The van der Waals surface area contributed by atoms with Crippen LogP contribution in [0, 0.1) is 0 Å². The van der Waals surface area contributed by atoms with Crippen LogP contribution < -0.4 is 9.64 Å². The van der Waals surface area contributed by atoms with Crippen LogP contribution in [0.1, 0.15) is 11.8 Å². The summed E-state index contributed by atoms with van der Waals surface area (Å²) in [5.41, 5.74) is 7.65. The lowest BCUT2D eigenvalue weighted by Crippen LogP contribution is -2.09. The number of rotatable bonds is 5. The lowest BCUT2D eigenvalue weighted by atomic mass is 9.96. The Morgan fingerprint density at radius 2 is 0.960 bits per heavy atom. The molecule has 9 aromatic carbocycles. The van der Waals surface area contributed by atoms with Gasteiger partial charge in [0.25, 0.3) is 0 Å². The Morgan fingerprint density at radius 1 is 0.420 bits per heavy atom. The third-order valence-electron chi connectivity index (χ3n) is 9.95. The molecule has 0 spiro atoms. The highest BCUT2D eigenvalue weighted by Crippen LogP contribution is 2.52. The highest BCUT2D eigenvalue weighted by molar-refractivity contribution is 6.16. The fourth-order valence-corrected chi connectivity index (χ4v) is 7.42. The van der Waals surface area contributed by atoms with Crippen molar-refractivity contribution in [1.82, 2.24) is 0 Å². The van der Waals surface area contributed by atoms with E-state index >= 15 is 0 Å². The van der Waals surface area contributed by atoms with Crippen molar-refractivity contribution in [2.45, 2.75) is 6.23 Å². The molecule has 0 saturated carbocycles. The summed E-state index contributed by atoms with van der Waals surface area (Å²) >= 11 is 0. The fourth-order valence-electron chi connectivity index (χ4n) is 7.42. The summed E-state index contributed by atoms with van der Waals surface area (Å²) in [4.78, 5) is 2.35. The van der Waals surface area contributed by atoms with Gasteiger partial charge in [-0.25, -0.2) is 0 Å². The average molecular weight is 640 g/mol. The molecule has 0 radical (unpaired) electrons. The lowest BCUT2D eigenvalue weighted by Gasteiger charge is -2.26. The number of anilines is 3. The molecule has 0 amide bonds. The predicted molar refractivity (Wildman–Crippen MR) is 209 cm³/mol. The monoisotopic (exact) mass is 639 g/mol. The lowest BCUT2D eigenvalue weighted by molar-refractivity contribution is 0.269. The van der Waals surface area contributed by atoms with Crippen molar-refractivity contribution >= 4 is 65.8 Å². The molecule has 236 valence electrons. The zero-order valence-electron chi connectivity index (χ0n) is 27.2. The van der Waals surface area contributed by atoms with E-state index in [0.717, 1.165) is 56.0 Å². The predicted octanol–water partition coefficient (Wildman–Crippen LogP) is 13.5. The molecule has 1 aliphatic rings. The van der Waals surface area contributed by atoms with Gasteiger partial charge in [-0.05, 0) is 108 Å². The first-order valence-corrected chi connectivity index (χ1v) is 17.1. The van der Waals surface area contributed by atoms with E-state index in [-0.39, 0.29) is 6.23 Å². The van der Waals surface area contributed by atoms with Crippen LogP contribution in [0.2, 0.25) is 0 Å². The maximum absolute atomic E-state index is 6.35. The van der Waals surface area contributed by atoms with Gasteiger partial charge in [0.15, 0.2) is 0 Å². The van der Waals surface area contributed by atoms with E-state index in [0.29, 0.717) is 0 Å². The van der Waals surface area contributed by atoms with Crippen molar-refractivity contribution in [3.8, 4) is 16.9 Å². The van der Waals surface area contributed by atoms with Crippen molar-refractivity contribution < 1.29 is 4.74 Å². The third-order valence-corrected chi connectivity index (χ3v) is 9.95. The van der Waals surface area contributed by atoms with Crippen molar-refractivity contribution in [2.24, 2.45) is 0 Å². The molecule has 1 aliphatic heterocycles. The summed E-state index contributed by atoms with van der Waals surface area (Å²) in [6, 6.07) is 65.0. The summed E-state index contributed by atoms with van der Waals surface area (Å²) < 4.78 is 6.35. The van der Waals surface area contributed by atoms with Crippen molar-refractivity contribution in [3.05, 3.63) is 193 Å². The number of benzene rings is 9. The van der Waals surface area contributed by atoms with Crippen LogP contribution in [0.25, 0.3) is 59.5 Å². The summed E-state index contributed by atoms with van der Waals surface area (Å²) in [5, 5.41) is 14.7. The second kappa shape index (κ2) is 11.5. The summed E-state index contributed by atoms with van der Waals surface area (Å²) in [6.45, 7) is 0. The van der Waals surface area contributed by atoms with Crippen LogP contribution in [-0.4, -0.2) is 0 Å². The molecule has 0 aromatic heterocycles. The maximum atomic E-state index is 6.35. The van der Waals surface area contributed by atoms with Gasteiger partial charge < -0.3 is 15.0 Å². The molecule has 0 saturated heterocycles. The average Bonchev–Trinajstić information content (AvgIpc) is 3.63. The molecule has 50 heavy (non-hydrogen) atoms. The fraction of sp³-hybridized carbons (Fsp3) is 0.0213. The van der Waals surface area contributed by atoms with Gasteiger partial charge >= 0.3 is 0 Å². The first kappa shape index (κ1) is 28.4. The standard InChI is InChI=1S/C47H31N2O/c1-2-10-36(11-3-1)47-48-46-44(50-47)27-22-35-16-14-34-15-17-39(30-43(34)45(35)46)33-18-23-40(24-19-33)49(41-25-20-31-8-4-6-12-37(31)28-41)42-26-21-32-9-5-7-13-38(32)29-42/h1-30,47H/q-1. The Bertz CT molecular complexity index is 2640. The van der Waals surface area contributed by atoms with Crippen LogP contribution in [0.5, 0.6) is 5.75 Å². The third kappa shape index (κ3) is 4.83. The Labute approximate surface area is 290 Å². The molecule has 0 bridgehead atoms. The van der Waals surface area contributed by atoms with E-state index in [9.17, 15) is 0 Å². The van der Waals surface area contributed by atoms with Crippen LogP contribution in [0.3, 0.4) is 0 Å². The molecule has 3 nitrogen and oxygen atoms in total. The number of hydrogen-bond donors (Lipinski definition) is 0. The first-order chi connectivity index (χ1) is 24.7. The molecule has 3 heteroatoms. The Balaban J connectivity index is 1.06. The van der Waals surface area contributed by atoms with Gasteiger partial charge in [-0.15, -0.1) is 0 Å². The van der Waals surface area contributed by atoms with Gasteiger partial charge in [0, 0.05) is 17.1 Å². The van der Waals surface area contributed by atoms with Crippen molar-refractivity contribution in [1.29, 1.82) is 0 Å². The summed E-state index contributed by atoms with van der Waals surface area (Å²) in [6.07, 6.45) is -0.337. The highest BCUT2D eigenvalue weighted by Gasteiger charge is 2.18. The minimum absolute atomic E-state index is 0.337. The molecule has 10 rings (SSSR count). The molecule has 1 unspecified atom stereocenters. The van der Waals surface area contributed by atoms with E-state index in [1.807, 2.05) is 18.2 Å². The number of ether oxygens (including phenoxy) is 1.